The summed E-state index contributed by atoms with van der Waals surface area (Å²) in [4.78, 5) is 33.4. The van der Waals surface area contributed by atoms with Crippen LogP contribution in [0.2, 0.25) is 0 Å². The van der Waals surface area contributed by atoms with Crippen LogP contribution < -0.4 is 10.6 Å². The molecule has 0 fully saturated rings. The van der Waals surface area contributed by atoms with E-state index in [1.54, 1.807) is 13.1 Å². The highest BCUT2D eigenvalue weighted by molar-refractivity contribution is 7.17. The smallest absolute Gasteiger partial charge is 0.263 e. The van der Waals surface area contributed by atoms with Crippen molar-refractivity contribution in [2.75, 3.05) is 13.1 Å². The Morgan fingerprint density at radius 2 is 1.81 bits per heavy atom. The second-order valence-corrected chi connectivity index (χ2v) is 6.92. The van der Waals surface area contributed by atoms with Crippen LogP contribution in [0.5, 0.6) is 0 Å². The maximum absolute atomic E-state index is 12.4. The predicted octanol–water partition coefficient (Wildman–Crippen LogP) is 2.60. The molecule has 27 heavy (non-hydrogen) atoms. The van der Waals surface area contributed by atoms with Gasteiger partial charge in [-0.05, 0) is 31.0 Å². The molecule has 0 saturated heterocycles. The highest BCUT2D eigenvalue weighted by atomic mass is 32.1. The minimum Gasteiger partial charge on any atom is -0.354 e. The lowest BCUT2D eigenvalue weighted by Crippen LogP contribution is -2.37. The molecule has 2 heterocycles. The van der Waals surface area contributed by atoms with Crippen molar-refractivity contribution in [2.24, 2.45) is 0 Å². The number of nitrogens with zero attached hydrogens (tertiary/aromatic N) is 2. The molecule has 3 aromatic rings. The molecule has 0 saturated carbocycles. The number of carbonyl (C=O) groups is 2. The van der Waals surface area contributed by atoms with Crippen LogP contribution >= 0.6 is 11.3 Å². The van der Waals surface area contributed by atoms with Gasteiger partial charge in [0, 0.05) is 12.7 Å². The normalized spacial score (nSPS) is 10.4. The SMILES string of the molecule is Cc1nc(-c2ccccn2)sc1C(=O)NCC(=O)NCCc1ccccc1. The number of hydrogen-bond acceptors (Lipinski definition) is 5. The summed E-state index contributed by atoms with van der Waals surface area (Å²) >= 11 is 1.27. The van der Waals surface area contributed by atoms with Crippen molar-refractivity contribution < 1.29 is 9.59 Å². The van der Waals surface area contributed by atoms with Crippen molar-refractivity contribution in [3.63, 3.8) is 0 Å². The van der Waals surface area contributed by atoms with Crippen LogP contribution in [0, 0.1) is 6.92 Å². The number of aromatic nitrogens is 2. The van der Waals surface area contributed by atoms with Crippen molar-refractivity contribution in [3.8, 4) is 10.7 Å². The first-order valence-corrected chi connectivity index (χ1v) is 9.43. The topological polar surface area (TPSA) is 84.0 Å². The molecule has 3 rings (SSSR count). The van der Waals surface area contributed by atoms with Crippen molar-refractivity contribution in [3.05, 3.63) is 70.9 Å². The average molecular weight is 380 g/mol. The van der Waals surface area contributed by atoms with Gasteiger partial charge in [-0.15, -0.1) is 11.3 Å². The molecule has 0 atom stereocenters. The standard InChI is InChI=1S/C20H20N4O2S/c1-14-18(27-20(24-14)16-9-5-6-11-21-16)19(26)23-13-17(25)22-12-10-15-7-3-2-4-8-15/h2-9,11H,10,12-13H2,1H3,(H,22,25)(H,23,26). The van der Waals surface area contributed by atoms with Crippen molar-refractivity contribution in [2.45, 2.75) is 13.3 Å². The maximum atomic E-state index is 12.4. The predicted molar refractivity (Wildman–Crippen MR) is 106 cm³/mol. The summed E-state index contributed by atoms with van der Waals surface area (Å²) in [5, 5.41) is 6.15. The van der Waals surface area contributed by atoms with E-state index in [1.807, 2.05) is 48.5 Å². The molecule has 6 nitrogen and oxygen atoms in total. The molecular formula is C20H20N4O2S. The Hall–Kier alpha value is -3.06. The fourth-order valence-electron chi connectivity index (χ4n) is 2.50. The third-order valence-corrected chi connectivity index (χ3v) is 5.05. The Morgan fingerprint density at radius 3 is 2.56 bits per heavy atom. The quantitative estimate of drug-likeness (QED) is 0.660. The zero-order valence-corrected chi connectivity index (χ0v) is 15.8. The molecule has 0 aliphatic heterocycles. The third-order valence-electron chi connectivity index (χ3n) is 3.88. The highest BCUT2D eigenvalue weighted by Gasteiger charge is 2.17. The van der Waals surface area contributed by atoms with E-state index in [-0.39, 0.29) is 18.4 Å². The summed E-state index contributed by atoms with van der Waals surface area (Å²) in [5.41, 5.74) is 2.51. The van der Waals surface area contributed by atoms with Gasteiger partial charge >= 0.3 is 0 Å². The van der Waals surface area contributed by atoms with E-state index in [4.69, 9.17) is 0 Å². The maximum Gasteiger partial charge on any atom is 0.263 e. The molecule has 0 bridgehead atoms. The fourth-order valence-corrected chi connectivity index (χ4v) is 3.46. The number of rotatable bonds is 7. The van der Waals surface area contributed by atoms with E-state index in [0.717, 1.165) is 17.7 Å². The van der Waals surface area contributed by atoms with E-state index in [1.165, 1.54) is 11.3 Å². The van der Waals surface area contributed by atoms with Gasteiger partial charge in [0.25, 0.3) is 5.91 Å². The second-order valence-electron chi connectivity index (χ2n) is 5.92. The zero-order chi connectivity index (χ0) is 19.1. The summed E-state index contributed by atoms with van der Waals surface area (Å²) in [7, 11) is 0. The van der Waals surface area contributed by atoms with E-state index in [0.29, 0.717) is 22.1 Å². The summed E-state index contributed by atoms with van der Waals surface area (Å²) in [5.74, 6) is -0.517. The fraction of sp³-hybridized carbons (Fsp3) is 0.200. The molecular weight excluding hydrogens is 360 g/mol. The molecule has 2 aromatic heterocycles. The largest absolute Gasteiger partial charge is 0.354 e. The Bertz CT molecular complexity index is 910. The van der Waals surface area contributed by atoms with Crippen LogP contribution in [0.1, 0.15) is 20.9 Å². The van der Waals surface area contributed by atoms with Crippen LogP contribution in [0.3, 0.4) is 0 Å². The summed E-state index contributed by atoms with van der Waals surface area (Å²) in [6, 6.07) is 15.5. The molecule has 138 valence electrons. The molecule has 1 aromatic carbocycles. The van der Waals surface area contributed by atoms with E-state index in [2.05, 4.69) is 20.6 Å². The van der Waals surface area contributed by atoms with Crippen LogP contribution in [-0.2, 0) is 11.2 Å². The minimum atomic E-state index is -0.301. The number of hydrogen-bond donors (Lipinski definition) is 2. The molecule has 0 radical (unpaired) electrons. The number of thiazole rings is 1. The van der Waals surface area contributed by atoms with Gasteiger partial charge in [-0.1, -0.05) is 36.4 Å². The first-order valence-electron chi connectivity index (χ1n) is 8.61. The number of nitrogens with one attached hydrogen (secondary N) is 2. The lowest BCUT2D eigenvalue weighted by atomic mass is 10.1. The number of amides is 2. The van der Waals surface area contributed by atoms with Crippen molar-refractivity contribution in [1.82, 2.24) is 20.6 Å². The van der Waals surface area contributed by atoms with Gasteiger partial charge in [0.1, 0.15) is 9.88 Å². The number of benzene rings is 1. The van der Waals surface area contributed by atoms with Gasteiger partial charge in [0.2, 0.25) is 5.91 Å². The second kappa shape index (κ2) is 9.05. The zero-order valence-electron chi connectivity index (χ0n) is 14.9. The molecule has 0 aliphatic rings. The van der Waals surface area contributed by atoms with Crippen LogP contribution in [-0.4, -0.2) is 34.9 Å². The molecule has 7 heteroatoms. The highest BCUT2D eigenvalue weighted by Crippen LogP contribution is 2.26. The summed E-state index contributed by atoms with van der Waals surface area (Å²) in [6.07, 6.45) is 2.44. The third kappa shape index (κ3) is 5.21. The Kier molecular flexibility index (Phi) is 6.27. The molecule has 2 N–H and O–H groups in total. The van der Waals surface area contributed by atoms with E-state index < -0.39 is 0 Å². The van der Waals surface area contributed by atoms with Crippen LogP contribution in [0.25, 0.3) is 10.7 Å². The number of pyridine rings is 1. The lowest BCUT2D eigenvalue weighted by molar-refractivity contribution is -0.120. The first-order chi connectivity index (χ1) is 13.1. The first kappa shape index (κ1) is 18.7. The summed E-state index contributed by atoms with van der Waals surface area (Å²) < 4.78 is 0. The molecule has 0 aliphatic carbocycles. The average Bonchev–Trinajstić information content (AvgIpc) is 3.09. The van der Waals surface area contributed by atoms with Gasteiger partial charge in [0.05, 0.1) is 17.9 Å². The van der Waals surface area contributed by atoms with Gasteiger partial charge in [-0.25, -0.2) is 4.98 Å². The van der Waals surface area contributed by atoms with Crippen LogP contribution in [0.4, 0.5) is 0 Å². The van der Waals surface area contributed by atoms with Gasteiger partial charge in [-0.2, -0.15) is 0 Å². The molecule has 2 amide bonds. The molecule has 0 spiro atoms. The van der Waals surface area contributed by atoms with Gasteiger partial charge in [0.15, 0.2) is 0 Å². The Labute approximate surface area is 161 Å². The Morgan fingerprint density at radius 1 is 1.04 bits per heavy atom. The number of carbonyl (C=O) groups excluding carboxylic acids is 2. The molecule has 0 unspecified atom stereocenters. The van der Waals surface area contributed by atoms with E-state index >= 15 is 0 Å². The minimum absolute atomic E-state index is 0.0656. The van der Waals surface area contributed by atoms with Gasteiger partial charge < -0.3 is 10.6 Å². The van der Waals surface area contributed by atoms with Crippen molar-refractivity contribution in [1.29, 1.82) is 0 Å². The lowest BCUT2D eigenvalue weighted by Gasteiger charge is -2.06. The van der Waals surface area contributed by atoms with Crippen molar-refractivity contribution >= 4 is 23.2 Å². The van der Waals surface area contributed by atoms with E-state index in [9.17, 15) is 9.59 Å². The Balaban J connectivity index is 1.49. The monoisotopic (exact) mass is 380 g/mol. The van der Waals surface area contributed by atoms with Gasteiger partial charge in [-0.3, -0.25) is 14.6 Å². The summed E-state index contributed by atoms with van der Waals surface area (Å²) in [6.45, 7) is 2.24. The number of aryl methyl sites for hydroxylation is 1. The van der Waals surface area contributed by atoms with Crippen LogP contribution in [0.15, 0.2) is 54.7 Å².